The fourth-order valence-corrected chi connectivity index (χ4v) is 2.66. The molecule has 1 unspecified atom stereocenters. The summed E-state index contributed by atoms with van der Waals surface area (Å²) in [5.41, 5.74) is 2.74. The predicted octanol–water partition coefficient (Wildman–Crippen LogP) is 3.38. The summed E-state index contributed by atoms with van der Waals surface area (Å²) in [6.45, 7) is 8.07. The molecule has 1 atom stereocenters. The van der Waals surface area contributed by atoms with E-state index in [9.17, 15) is 0 Å². The van der Waals surface area contributed by atoms with Crippen LogP contribution in [0.4, 0.5) is 0 Å². The molecule has 0 spiro atoms. The van der Waals surface area contributed by atoms with Crippen LogP contribution in [0.1, 0.15) is 43.4 Å². The number of nitrogens with one attached hydrogen (secondary N) is 1. The third-order valence-corrected chi connectivity index (χ3v) is 4.02. The zero-order valence-electron chi connectivity index (χ0n) is 12.7. The number of aryl methyl sites for hydroxylation is 1. The molecule has 1 N–H and O–H groups in total. The molecule has 0 radical (unpaired) electrons. The smallest absolute Gasteiger partial charge is 0.0446 e. The topological polar surface area (TPSA) is 15.3 Å². The molecule has 0 bridgehead atoms. The van der Waals surface area contributed by atoms with E-state index in [1.165, 1.54) is 43.5 Å². The van der Waals surface area contributed by atoms with Crippen LogP contribution in [0.2, 0.25) is 0 Å². The van der Waals surface area contributed by atoms with Crippen molar-refractivity contribution in [3.63, 3.8) is 0 Å². The van der Waals surface area contributed by atoms with E-state index in [0.717, 1.165) is 12.5 Å². The Morgan fingerprint density at radius 2 is 1.95 bits per heavy atom. The Bertz CT molecular complexity index is 367. The molecule has 1 aromatic carbocycles. The third kappa shape index (κ3) is 4.63. The van der Waals surface area contributed by atoms with Gasteiger partial charge in [-0.3, -0.25) is 0 Å². The normalized spacial score (nSPS) is 16.8. The monoisotopic (exact) mass is 260 g/mol. The molecular formula is C17H28N2. The van der Waals surface area contributed by atoms with Gasteiger partial charge in [0.15, 0.2) is 0 Å². The zero-order chi connectivity index (χ0) is 13.7. The predicted molar refractivity (Wildman–Crippen MR) is 82.4 cm³/mol. The summed E-state index contributed by atoms with van der Waals surface area (Å²) >= 11 is 0. The van der Waals surface area contributed by atoms with Crippen molar-refractivity contribution >= 4 is 0 Å². The van der Waals surface area contributed by atoms with Crippen LogP contribution in [0, 0.1) is 12.8 Å². The second-order valence-corrected chi connectivity index (χ2v) is 5.95. The first kappa shape index (κ1) is 14.5. The third-order valence-electron chi connectivity index (χ3n) is 4.02. The maximum absolute atomic E-state index is 3.48. The maximum Gasteiger partial charge on any atom is 0.0446 e. The van der Waals surface area contributed by atoms with Crippen LogP contribution in [0.15, 0.2) is 24.3 Å². The van der Waals surface area contributed by atoms with Gasteiger partial charge in [-0.05, 0) is 51.3 Å². The fourth-order valence-electron chi connectivity index (χ4n) is 2.66. The van der Waals surface area contributed by atoms with Crippen LogP contribution in [0.5, 0.6) is 0 Å². The van der Waals surface area contributed by atoms with Crippen LogP contribution >= 0.6 is 0 Å². The largest absolute Gasteiger partial charge is 0.312 e. The second kappa shape index (κ2) is 7.06. The van der Waals surface area contributed by atoms with Crippen LogP contribution in [0.3, 0.4) is 0 Å². The first-order valence-corrected chi connectivity index (χ1v) is 7.69. The van der Waals surface area contributed by atoms with Gasteiger partial charge in [-0.25, -0.2) is 0 Å². The summed E-state index contributed by atoms with van der Waals surface area (Å²) in [4.78, 5) is 2.64. The SMILES string of the molecule is CCCN(CC1CC1)CC(NC)c1ccc(C)cc1. The van der Waals surface area contributed by atoms with Crippen molar-refractivity contribution in [2.24, 2.45) is 5.92 Å². The van der Waals surface area contributed by atoms with Gasteiger partial charge in [0, 0.05) is 19.1 Å². The summed E-state index contributed by atoms with van der Waals surface area (Å²) in [5.74, 6) is 0.974. The Balaban J connectivity index is 1.96. The Labute approximate surface area is 118 Å². The number of nitrogens with zero attached hydrogens (tertiary/aromatic N) is 1. The van der Waals surface area contributed by atoms with Gasteiger partial charge in [-0.15, -0.1) is 0 Å². The Morgan fingerprint density at radius 1 is 1.26 bits per heavy atom. The summed E-state index contributed by atoms with van der Waals surface area (Å²) < 4.78 is 0. The number of rotatable bonds is 8. The van der Waals surface area contributed by atoms with E-state index in [1.807, 2.05) is 0 Å². The Kier molecular flexibility index (Phi) is 5.41. The molecule has 19 heavy (non-hydrogen) atoms. The summed E-state index contributed by atoms with van der Waals surface area (Å²) in [7, 11) is 2.08. The minimum Gasteiger partial charge on any atom is -0.312 e. The van der Waals surface area contributed by atoms with Crippen molar-refractivity contribution < 1.29 is 0 Å². The number of likely N-dealkylation sites (N-methyl/N-ethyl adjacent to an activating group) is 1. The van der Waals surface area contributed by atoms with Gasteiger partial charge in [0.25, 0.3) is 0 Å². The minimum atomic E-state index is 0.450. The molecule has 1 aliphatic rings. The summed E-state index contributed by atoms with van der Waals surface area (Å²) in [6, 6.07) is 9.40. The highest BCUT2D eigenvalue weighted by Gasteiger charge is 2.25. The molecule has 0 saturated heterocycles. The van der Waals surface area contributed by atoms with Gasteiger partial charge in [-0.1, -0.05) is 36.8 Å². The Hall–Kier alpha value is -0.860. The molecule has 1 aromatic rings. The fraction of sp³-hybridized carbons (Fsp3) is 0.647. The summed E-state index contributed by atoms with van der Waals surface area (Å²) in [5, 5.41) is 3.48. The molecule has 1 saturated carbocycles. The van der Waals surface area contributed by atoms with Crippen molar-refractivity contribution in [1.82, 2.24) is 10.2 Å². The van der Waals surface area contributed by atoms with Crippen molar-refractivity contribution in [2.75, 3.05) is 26.7 Å². The van der Waals surface area contributed by atoms with Crippen molar-refractivity contribution in [1.29, 1.82) is 0 Å². The molecule has 106 valence electrons. The number of hydrogen-bond donors (Lipinski definition) is 1. The molecule has 2 heteroatoms. The van der Waals surface area contributed by atoms with E-state index in [4.69, 9.17) is 0 Å². The van der Waals surface area contributed by atoms with Gasteiger partial charge in [0.1, 0.15) is 0 Å². The van der Waals surface area contributed by atoms with Crippen LogP contribution in [-0.2, 0) is 0 Å². The average molecular weight is 260 g/mol. The van der Waals surface area contributed by atoms with Gasteiger partial charge in [0.2, 0.25) is 0 Å². The highest BCUT2D eigenvalue weighted by atomic mass is 15.1. The molecule has 2 nitrogen and oxygen atoms in total. The number of benzene rings is 1. The lowest BCUT2D eigenvalue weighted by Crippen LogP contribution is -2.35. The zero-order valence-corrected chi connectivity index (χ0v) is 12.7. The van der Waals surface area contributed by atoms with E-state index >= 15 is 0 Å². The van der Waals surface area contributed by atoms with Crippen molar-refractivity contribution in [2.45, 2.75) is 39.2 Å². The van der Waals surface area contributed by atoms with Crippen LogP contribution in [0.25, 0.3) is 0 Å². The lowest BCUT2D eigenvalue weighted by atomic mass is 10.0. The summed E-state index contributed by atoms with van der Waals surface area (Å²) in [6.07, 6.45) is 4.13. The van der Waals surface area contributed by atoms with Crippen LogP contribution in [-0.4, -0.2) is 31.6 Å². The van der Waals surface area contributed by atoms with Gasteiger partial charge in [-0.2, -0.15) is 0 Å². The maximum atomic E-state index is 3.48. The average Bonchev–Trinajstić information content (AvgIpc) is 3.21. The highest BCUT2D eigenvalue weighted by molar-refractivity contribution is 5.24. The quantitative estimate of drug-likeness (QED) is 0.771. The van der Waals surface area contributed by atoms with Gasteiger partial charge >= 0.3 is 0 Å². The van der Waals surface area contributed by atoms with E-state index in [-0.39, 0.29) is 0 Å². The molecule has 1 aliphatic carbocycles. The van der Waals surface area contributed by atoms with Gasteiger partial charge in [0.05, 0.1) is 0 Å². The molecule has 2 rings (SSSR count). The minimum absolute atomic E-state index is 0.450. The standard InChI is InChI=1S/C17H28N2/c1-4-11-19(12-15-7-8-15)13-17(18-3)16-9-5-14(2)6-10-16/h5-6,9-10,15,17-18H,4,7-8,11-13H2,1-3H3. The van der Waals surface area contributed by atoms with E-state index in [1.54, 1.807) is 0 Å². The Morgan fingerprint density at radius 3 is 2.47 bits per heavy atom. The van der Waals surface area contributed by atoms with Gasteiger partial charge < -0.3 is 10.2 Å². The molecule has 0 aromatic heterocycles. The lowest BCUT2D eigenvalue weighted by Gasteiger charge is -2.27. The molecule has 0 amide bonds. The van der Waals surface area contributed by atoms with Crippen LogP contribution < -0.4 is 5.32 Å². The first-order chi connectivity index (χ1) is 9.22. The number of hydrogen-bond acceptors (Lipinski definition) is 2. The lowest BCUT2D eigenvalue weighted by molar-refractivity contribution is 0.237. The van der Waals surface area contributed by atoms with E-state index in [0.29, 0.717) is 6.04 Å². The molecule has 0 heterocycles. The highest BCUT2D eigenvalue weighted by Crippen LogP contribution is 2.30. The molecular weight excluding hydrogens is 232 g/mol. The first-order valence-electron chi connectivity index (χ1n) is 7.69. The van der Waals surface area contributed by atoms with Crippen molar-refractivity contribution in [3.8, 4) is 0 Å². The van der Waals surface area contributed by atoms with E-state index in [2.05, 4.69) is 55.4 Å². The van der Waals surface area contributed by atoms with Crippen molar-refractivity contribution in [3.05, 3.63) is 35.4 Å². The van der Waals surface area contributed by atoms with E-state index < -0.39 is 0 Å². The molecule has 0 aliphatic heterocycles. The second-order valence-electron chi connectivity index (χ2n) is 5.95. The molecule has 1 fully saturated rings.